The molecule has 1 aromatic rings. The fraction of sp³-hybridized carbons (Fsp3) is 0.615. The Kier molecular flexibility index (Phi) is 5.09. The average Bonchev–Trinajstić information content (AvgIpc) is 2.59. The van der Waals surface area contributed by atoms with Gasteiger partial charge in [0, 0.05) is 11.3 Å². The number of aromatic amines is 1. The predicted octanol–water partition coefficient (Wildman–Crippen LogP) is 1.18. The van der Waals surface area contributed by atoms with Gasteiger partial charge in [-0.1, -0.05) is 13.8 Å². The van der Waals surface area contributed by atoms with Crippen LogP contribution in [0.1, 0.15) is 37.2 Å². The van der Waals surface area contributed by atoms with Gasteiger partial charge in [0.1, 0.15) is 6.04 Å². The number of aliphatic carboxylic acids is 1. The highest BCUT2D eigenvalue weighted by atomic mass is 16.4. The Hall–Kier alpha value is -1.85. The van der Waals surface area contributed by atoms with E-state index in [0.717, 1.165) is 17.0 Å². The minimum Gasteiger partial charge on any atom is -0.480 e. The van der Waals surface area contributed by atoms with Crippen LogP contribution in [0, 0.1) is 19.8 Å². The quantitative estimate of drug-likeness (QED) is 0.721. The monoisotopic (exact) mass is 267 g/mol. The molecule has 0 aliphatic heterocycles. The van der Waals surface area contributed by atoms with Crippen LogP contribution in [-0.4, -0.2) is 33.2 Å². The molecule has 1 atom stereocenters. The lowest BCUT2D eigenvalue weighted by Gasteiger charge is -2.16. The van der Waals surface area contributed by atoms with Crippen LogP contribution in [0.3, 0.4) is 0 Å². The van der Waals surface area contributed by atoms with E-state index in [2.05, 4.69) is 15.5 Å². The van der Waals surface area contributed by atoms with E-state index in [1.54, 1.807) is 0 Å². The van der Waals surface area contributed by atoms with E-state index in [1.807, 2.05) is 27.7 Å². The van der Waals surface area contributed by atoms with Gasteiger partial charge in [-0.05, 0) is 26.2 Å². The van der Waals surface area contributed by atoms with Gasteiger partial charge in [0.2, 0.25) is 5.91 Å². The number of amides is 1. The molecule has 0 radical (unpaired) electrons. The van der Waals surface area contributed by atoms with Crippen molar-refractivity contribution in [1.82, 2.24) is 15.5 Å². The van der Waals surface area contributed by atoms with Crippen LogP contribution in [0.15, 0.2) is 0 Å². The second kappa shape index (κ2) is 6.36. The molecule has 0 saturated carbocycles. The van der Waals surface area contributed by atoms with Gasteiger partial charge in [0.25, 0.3) is 0 Å². The van der Waals surface area contributed by atoms with Crippen LogP contribution in [-0.2, 0) is 16.0 Å². The number of carboxylic acids is 1. The Morgan fingerprint density at radius 1 is 1.37 bits per heavy atom. The molecule has 0 aromatic carbocycles. The lowest BCUT2D eigenvalue weighted by atomic mass is 10.0. The first-order valence-electron chi connectivity index (χ1n) is 6.33. The van der Waals surface area contributed by atoms with Gasteiger partial charge >= 0.3 is 5.97 Å². The third-order valence-corrected chi connectivity index (χ3v) is 2.96. The Morgan fingerprint density at radius 2 is 2.00 bits per heavy atom. The summed E-state index contributed by atoms with van der Waals surface area (Å²) in [7, 11) is 0. The predicted molar refractivity (Wildman–Crippen MR) is 70.8 cm³/mol. The second-order valence-corrected chi connectivity index (χ2v) is 5.18. The fourth-order valence-electron chi connectivity index (χ4n) is 1.93. The number of nitrogens with one attached hydrogen (secondary N) is 2. The summed E-state index contributed by atoms with van der Waals surface area (Å²) < 4.78 is 0. The Balaban J connectivity index is 2.65. The molecule has 0 saturated heterocycles. The maximum Gasteiger partial charge on any atom is 0.326 e. The number of aryl methyl sites for hydroxylation is 2. The molecule has 1 heterocycles. The maximum absolute atomic E-state index is 11.9. The first kappa shape index (κ1) is 15.2. The zero-order valence-electron chi connectivity index (χ0n) is 11.8. The van der Waals surface area contributed by atoms with Crippen molar-refractivity contribution >= 4 is 11.9 Å². The van der Waals surface area contributed by atoms with Gasteiger partial charge in [-0.3, -0.25) is 9.89 Å². The zero-order chi connectivity index (χ0) is 14.6. The highest BCUT2D eigenvalue weighted by molar-refractivity contribution is 5.85. The van der Waals surface area contributed by atoms with Crippen LogP contribution in [0.5, 0.6) is 0 Å². The van der Waals surface area contributed by atoms with Crippen molar-refractivity contribution in [1.29, 1.82) is 0 Å². The lowest BCUT2D eigenvalue weighted by molar-refractivity contribution is -0.142. The number of aromatic nitrogens is 2. The molecule has 0 bridgehead atoms. The number of H-pyrrole nitrogens is 1. The van der Waals surface area contributed by atoms with Crippen molar-refractivity contribution in [2.75, 3.05) is 0 Å². The first-order valence-corrected chi connectivity index (χ1v) is 6.33. The molecule has 0 fully saturated rings. The van der Waals surface area contributed by atoms with E-state index in [0.29, 0.717) is 6.42 Å². The fourth-order valence-corrected chi connectivity index (χ4v) is 1.93. The molecule has 1 aromatic heterocycles. The van der Waals surface area contributed by atoms with Crippen LogP contribution < -0.4 is 5.32 Å². The van der Waals surface area contributed by atoms with Crippen molar-refractivity contribution < 1.29 is 14.7 Å². The van der Waals surface area contributed by atoms with Gasteiger partial charge in [-0.2, -0.15) is 5.10 Å². The van der Waals surface area contributed by atoms with Crippen LogP contribution in [0.2, 0.25) is 0 Å². The summed E-state index contributed by atoms with van der Waals surface area (Å²) in [5, 5.41) is 18.4. The number of carbonyl (C=O) groups is 2. The molecule has 3 N–H and O–H groups in total. The molecular weight excluding hydrogens is 246 g/mol. The van der Waals surface area contributed by atoms with Gasteiger partial charge in [0.15, 0.2) is 0 Å². The van der Waals surface area contributed by atoms with Crippen molar-refractivity contribution in [3.05, 3.63) is 17.0 Å². The highest BCUT2D eigenvalue weighted by Crippen LogP contribution is 2.11. The number of hydrogen-bond acceptors (Lipinski definition) is 3. The third kappa shape index (κ3) is 4.39. The summed E-state index contributed by atoms with van der Waals surface area (Å²) in [5.41, 5.74) is 2.43. The number of rotatable bonds is 6. The summed E-state index contributed by atoms with van der Waals surface area (Å²) in [6, 6.07) is -0.833. The summed E-state index contributed by atoms with van der Waals surface area (Å²) in [5.74, 6) is -1.08. The number of hydrogen-bond donors (Lipinski definition) is 3. The van der Waals surface area contributed by atoms with Gasteiger partial charge in [-0.15, -0.1) is 0 Å². The van der Waals surface area contributed by atoms with E-state index >= 15 is 0 Å². The summed E-state index contributed by atoms with van der Waals surface area (Å²) in [6.07, 6.45) is 0.570. The minimum absolute atomic E-state index is 0.149. The van der Waals surface area contributed by atoms with Crippen molar-refractivity contribution in [3.63, 3.8) is 0 Å². The summed E-state index contributed by atoms with van der Waals surface area (Å²) in [6.45, 7) is 7.50. The van der Waals surface area contributed by atoms with Crippen LogP contribution in [0.25, 0.3) is 0 Å². The number of carbonyl (C=O) groups excluding carboxylic acids is 1. The van der Waals surface area contributed by atoms with Gasteiger partial charge in [0.05, 0.1) is 12.1 Å². The van der Waals surface area contributed by atoms with Crippen molar-refractivity contribution in [2.24, 2.45) is 5.92 Å². The minimum atomic E-state index is -0.998. The second-order valence-electron chi connectivity index (χ2n) is 5.18. The normalized spacial score (nSPS) is 12.5. The molecule has 1 rings (SSSR count). The summed E-state index contributed by atoms with van der Waals surface area (Å²) in [4.78, 5) is 23.0. The van der Waals surface area contributed by atoms with Crippen LogP contribution in [0.4, 0.5) is 0 Å². The standard InChI is InChI=1S/C13H21N3O3/c1-7(2)5-11(13(18)19)14-12(17)6-10-8(3)15-16-9(10)4/h7,11H,5-6H2,1-4H3,(H,14,17)(H,15,16)(H,18,19). The smallest absolute Gasteiger partial charge is 0.326 e. The third-order valence-electron chi connectivity index (χ3n) is 2.96. The molecular formula is C13H21N3O3. The number of carboxylic acid groups (broad SMARTS) is 1. The lowest BCUT2D eigenvalue weighted by Crippen LogP contribution is -2.42. The van der Waals surface area contributed by atoms with E-state index in [9.17, 15) is 9.59 Å². The average molecular weight is 267 g/mol. The van der Waals surface area contributed by atoms with E-state index < -0.39 is 12.0 Å². The maximum atomic E-state index is 11.9. The van der Waals surface area contributed by atoms with Gasteiger partial charge in [-0.25, -0.2) is 4.79 Å². The van der Waals surface area contributed by atoms with E-state index in [-0.39, 0.29) is 18.2 Å². The summed E-state index contributed by atoms with van der Waals surface area (Å²) >= 11 is 0. The zero-order valence-corrected chi connectivity index (χ0v) is 11.8. The Morgan fingerprint density at radius 3 is 2.42 bits per heavy atom. The largest absolute Gasteiger partial charge is 0.480 e. The first-order chi connectivity index (χ1) is 8.81. The SMILES string of the molecule is Cc1n[nH]c(C)c1CC(=O)NC(CC(C)C)C(=O)O. The molecule has 0 aliphatic carbocycles. The van der Waals surface area contributed by atoms with Crippen molar-refractivity contribution in [3.8, 4) is 0 Å². The highest BCUT2D eigenvalue weighted by Gasteiger charge is 2.22. The topological polar surface area (TPSA) is 95.1 Å². The van der Waals surface area contributed by atoms with Gasteiger partial charge < -0.3 is 10.4 Å². The molecule has 0 aliphatic rings. The Bertz CT molecular complexity index is 446. The molecule has 6 heteroatoms. The van der Waals surface area contributed by atoms with E-state index in [4.69, 9.17) is 5.11 Å². The molecule has 19 heavy (non-hydrogen) atoms. The number of nitrogens with zero attached hydrogens (tertiary/aromatic N) is 1. The Labute approximate surface area is 112 Å². The van der Waals surface area contributed by atoms with Crippen LogP contribution >= 0.6 is 0 Å². The molecule has 0 spiro atoms. The molecule has 1 amide bonds. The molecule has 106 valence electrons. The molecule has 6 nitrogen and oxygen atoms in total. The van der Waals surface area contributed by atoms with E-state index in [1.165, 1.54) is 0 Å². The molecule has 1 unspecified atom stereocenters. The van der Waals surface area contributed by atoms with Crippen molar-refractivity contribution in [2.45, 2.75) is 46.6 Å².